The molecule has 2 aromatic carbocycles. The molecule has 1 N–H and O–H groups in total. The van der Waals surface area contributed by atoms with Crippen LogP contribution >= 0.6 is 24.0 Å². The molecule has 0 saturated heterocycles. The van der Waals surface area contributed by atoms with Crippen molar-refractivity contribution in [3.05, 3.63) is 64.7 Å². The summed E-state index contributed by atoms with van der Waals surface area (Å²) in [6.07, 6.45) is 2.19. The van der Waals surface area contributed by atoms with Gasteiger partial charge in [-0.25, -0.2) is 0 Å². The summed E-state index contributed by atoms with van der Waals surface area (Å²) in [5, 5.41) is 4.30. The fourth-order valence-electron chi connectivity index (χ4n) is 2.40. The van der Waals surface area contributed by atoms with Gasteiger partial charge in [-0.3, -0.25) is 0 Å². The van der Waals surface area contributed by atoms with E-state index in [1.807, 2.05) is 25.1 Å². The maximum Gasteiger partial charge on any atom is 0.123 e. The fourth-order valence-corrected chi connectivity index (χ4v) is 2.59. The summed E-state index contributed by atoms with van der Waals surface area (Å²) in [6, 6.07) is 16.8. The second kappa shape index (κ2) is 10.5. The molecule has 0 saturated carbocycles. The number of hydrogen-bond donors (Lipinski definition) is 1. The largest absolute Gasteiger partial charge is 0.494 e. The van der Waals surface area contributed by atoms with E-state index in [0.717, 1.165) is 35.7 Å². The topological polar surface area (TPSA) is 21.3 Å². The molecule has 2 nitrogen and oxygen atoms in total. The molecular weight excluding hydrogens is 329 g/mol. The SMILES string of the molecule is CCOc1ccc(Cl)cc1CNC(C)CCc1ccccc1.Cl. The van der Waals surface area contributed by atoms with Crippen molar-refractivity contribution in [3.63, 3.8) is 0 Å². The molecule has 4 heteroatoms. The van der Waals surface area contributed by atoms with Crippen LogP contribution in [0.25, 0.3) is 0 Å². The molecule has 0 fully saturated rings. The molecule has 0 spiro atoms. The van der Waals surface area contributed by atoms with E-state index in [1.165, 1.54) is 5.56 Å². The maximum atomic E-state index is 6.09. The molecule has 0 bridgehead atoms. The van der Waals surface area contributed by atoms with Gasteiger partial charge in [-0.15, -0.1) is 12.4 Å². The molecule has 0 amide bonds. The monoisotopic (exact) mass is 353 g/mol. The molecule has 0 radical (unpaired) electrons. The van der Waals surface area contributed by atoms with E-state index < -0.39 is 0 Å². The van der Waals surface area contributed by atoms with Crippen molar-refractivity contribution in [1.29, 1.82) is 0 Å². The third kappa shape index (κ3) is 6.82. The van der Waals surface area contributed by atoms with Crippen LogP contribution in [0.5, 0.6) is 5.75 Å². The predicted octanol–water partition coefficient (Wildman–Crippen LogP) is 5.27. The molecule has 0 aliphatic carbocycles. The lowest BCUT2D eigenvalue weighted by Gasteiger charge is -2.16. The molecular formula is C19H25Cl2NO. The van der Waals surface area contributed by atoms with Crippen LogP contribution in [0.3, 0.4) is 0 Å². The van der Waals surface area contributed by atoms with E-state index in [4.69, 9.17) is 16.3 Å². The van der Waals surface area contributed by atoms with Gasteiger partial charge in [0.1, 0.15) is 5.75 Å². The Morgan fingerprint density at radius 3 is 2.57 bits per heavy atom. The normalized spacial score (nSPS) is 11.6. The third-order valence-electron chi connectivity index (χ3n) is 3.67. The number of ether oxygens (including phenoxy) is 1. The quantitative estimate of drug-likeness (QED) is 0.697. The van der Waals surface area contributed by atoms with Crippen LogP contribution in [0.2, 0.25) is 5.02 Å². The van der Waals surface area contributed by atoms with E-state index in [9.17, 15) is 0 Å². The molecule has 2 aromatic rings. The van der Waals surface area contributed by atoms with Crippen molar-refractivity contribution in [1.82, 2.24) is 5.32 Å². The fraction of sp³-hybridized carbons (Fsp3) is 0.368. The Labute approximate surface area is 150 Å². The first-order chi connectivity index (χ1) is 10.7. The lowest BCUT2D eigenvalue weighted by molar-refractivity contribution is 0.334. The summed E-state index contributed by atoms with van der Waals surface area (Å²) >= 11 is 6.09. The molecule has 0 aliphatic heterocycles. The number of hydrogen-bond acceptors (Lipinski definition) is 2. The molecule has 0 heterocycles. The van der Waals surface area contributed by atoms with E-state index in [1.54, 1.807) is 0 Å². The Morgan fingerprint density at radius 1 is 1.13 bits per heavy atom. The van der Waals surface area contributed by atoms with Gasteiger partial charge >= 0.3 is 0 Å². The van der Waals surface area contributed by atoms with Crippen LogP contribution in [0.4, 0.5) is 0 Å². The molecule has 2 rings (SSSR count). The van der Waals surface area contributed by atoms with E-state index in [-0.39, 0.29) is 12.4 Å². The van der Waals surface area contributed by atoms with Crippen LogP contribution < -0.4 is 10.1 Å². The third-order valence-corrected chi connectivity index (χ3v) is 3.91. The van der Waals surface area contributed by atoms with Crippen molar-refractivity contribution in [2.75, 3.05) is 6.61 Å². The van der Waals surface area contributed by atoms with Crippen LogP contribution in [0, 0.1) is 0 Å². The Morgan fingerprint density at radius 2 is 1.87 bits per heavy atom. The highest BCUT2D eigenvalue weighted by atomic mass is 35.5. The van der Waals surface area contributed by atoms with Crippen LogP contribution in [-0.2, 0) is 13.0 Å². The minimum Gasteiger partial charge on any atom is -0.494 e. The van der Waals surface area contributed by atoms with Gasteiger partial charge in [0.05, 0.1) is 6.61 Å². The van der Waals surface area contributed by atoms with E-state index >= 15 is 0 Å². The lowest BCUT2D eigenvalue weighted by atomic mass is 10.1. The molecule has 23 heavy (non-hydrogen) atoms. The first-order valence-electron chi connectivity index (χ1n) is 7.87. The standard InChI is InChI=1S/C19H24ClNO.ClH/c1-3-22-19-12-11-18(20)13-17(19)14-21-15(2)9-10-16-7-5-4-6-8-16;/h4-8,11-13,15,21H,3,9-10,14H2,1-2H3;1H. The van der Waals surface area contributed by atoms with Gasteiger partial charge in [-0.1, -0.05) is 41.9 Å². The number of aryl methyl sites for hydroxylation is 1. The first kappa shape index (κ1) is 19.8. The van der Waals surface area contributed by atoms with Crippen molar-refractivity contribution in [3.8, 4) is 5.75 Å². The minimum atomic E-state index is 0. The molecule has 1 atom stereocenters. The smallest absolute Gasteiger partial charge is 0.123 e. The second-order valence-corrected chi connectivity index (χ2v) is 5.93. The summed E-state index contributed by atoms with van der Waals surface area (Å²) < 4.78 is 5.65. The zero-order chi connectivity index (χ0) is 15.8. The Bertz CT molecular complexity index is 575. The molecule has 1 unspecified atom stereocenters. The van der Waals surface area contributed by atoms with Crippen LogP contribution in [0.15, 0.2) is 48.5 Å². The zero-order valence-corrected chi connectivity index (χ0v) is 15.3. The highest BCUT2D eigenvalue weighted by molar-refractivity contribution is 6.30. The summed E-state index contributed by atoms with van der Waals surface area (Å²) in [5.41, 5.74) is 2.50. The Kier molecular flexibility index (Phi) is 9.08. The van der Waals surface area contributed by atoms with Gasteiger partial charge in [0, 0.05) is 23.2 Å². The van der Waals surface area contributed by atoms with Gasteiger partial charge in [0.25, 0.3) is 0 Å². The summed E-state index contributed by atoms with van der Waals surface area (Å²) in [5.74, 6) is 0.912. The van der Waals surface area contributed by atoms with Crippen molar-refractivity contribution >= 4 is 24.0 Å². The van der Waals surface area contributed by atoms with E-state index in [0.29, 0.717) is 12.6 Å². The summed E-state index contributed by atoms with van der Waals surface area (Å²) in [6.45, 7) is 5.65. The molecule has 126 valence electrons. The van der Waals surface area contributed by atoms with Gasteiger partial charge in [-0.2, -0.15) is 0 Å². The van der Waals surface area contributed by atoms with Crippen molar-refractivity contribution < 1.29 is 4.74 Å². The minimum absolute atomic E-state index is 0. The summed E-state index contributed by atoms with van der Waals surface area (Å²) in [4.78, 5) is 0. The van der Waals surface area contributed by atoms with Crippen LogP contribution in [-0.4, -0.2) is 12.6 Å². The average Bonchev–Trinajstić information content (AvgIpc) is 2.54. The lowest BCUT2D eigenvalue weighted by Crippen LogP contribution is -2.26. The van der Waals surface area contributed by atoms with Crippen molar-refractivity contribution in [2.45, 2.75) is 39.3 Å². The second-order valence-electron chi connectivity index (χ2n) is 5.49. The van der Waals surface area contributed by atoms with Gasteiger partial charge < -0.3 is 10.1 Å². The van der Waals surface area contributed by atoms with Gasteiger partial charge in [0.15, 0.2) is 0 Å². The zero-order valence-electron chi connectivity index (χ0n) is 13.7. The number of halogens is 2. The summed E-state index contributed by atoms with van der Waals surface area (Å²) in [7, 11) is 0. The van der Waals surface area contributed by atoms with Crippen molar-refractivity contribution in [2.24, 2.45) is 0 Å². The maximum absolute atomic E-state index is 6.09. The number of rotatable bonds is 8. The van der Waals surface area contributed by atoms with Gasteiger partial charge in [-0.05, 0) is 50.5 Å². The Hall–Kier alpha value is -1.22. The highest BCUT2D eigenvalue weighted by Crippen LogP contribution is 2.23. The number of benzene rings is 2. The molecule has 0 aromatic heterocycles. The number of nitrogens with one attached hydrogen (secondary N) is 1. The molecule has 0 aliphatic rings. The average molecular weight is 354 g/mol. The highest BCUT2D eigenvalue weighted by Gasteiger charge is 2.07. The predicted molar refractivity (Wildman–Crippen MR) is 101 cm³/mol. The van der Waals surface area contributed by atoms with Gasteiger partial charge in [0.2, 0.25) is 0 Å². The van der Waals surface area contributed by atoms with Crippen LogP contribution in [0.1, 0.15) is 31.4 Å². The first-order valence-corrected chi connectivity index (χ1v) is 8.25. The van der Waals surface area contributed by atoms with E-state index in [2.05, 4.69) is 42.6 Å². The Balaban J connectivity index is 0.00000264.